The summed E-state index contributed by atoms with van der Waals surface area (Å²) in [7, 11) is -1.72. The molecule has 0 unspecified atom stereocenters. The normalized spacial score (nSPS) is 28.5. The summed E-state index contributed by atoms with van der Waals surface area (Å²) >= 11 is 0. The Labute approximate surface area is 118 Å². The fraction of sp³-hybridized carbons (Fsp3) is 0.929. The molecule has 2 N–H and O–H groups in total. The van der Waals surface area contributed by atoms with Gasteiger partial charge in [0.2, 0.25) is 5.91 Å². The van der Waals surface area contributed by atoms with E-state index in [0.717, 1.165) is 12.8 Å². The fourth-order valence-corrected chi connectivity index (χ4v) is 3.30. The van der Waals surface area contributed by atoms with E-state index >= 15 is 0 Å². The molecule has 0 radical (unpaired) electrons. The van der Waals surface area contributed by atoms with E-state index in [1.54, 1.807) is 0 Å². The predicted octanol–water partition coefficient (Wildman–Crippen LogP) is 2.28. The minimum Gasteiger partial charge on any atom is -0.417 e. The molecule has 0 spiro atoms. The van der Waals surface area contributed by atoms with Crippen LogP contribution in [0.1, 0.15) is 40.5 Å². The van der Waals surface area contributed by atoms with Crippen LogP contribution in [-0.4, -0.2) is 38.1 Å². The van der Waals surface area contributed by atoms with Crippen molar-refractivity contribution in [1.29, 1.82) is 0 Å². The van der Waals surface area contributed by atoms with Gasteiger partial charge in [-0.25, -0.2) is 0 Å². The smallest absolute Gasteiger partial charge is 0.217 e. The third-order valence-electron chi connectivity index (χ3n) is 4.50. The number of carbonyl (C=O) groups is 1. The first kappa shape index (κ1) is 16.7. The summed E-state index contributed by atoms with van der Waals surface area (Å²) in [5, 5.41) is 13.0. The van der Waals surface area contributed by atoms with Crippen molar-refractivity contribution in [2.75, 3.05) is 6.61 Å². The molecule has 1 aliphatic carbocycles. The van der Waals surface area contributed by atoms with Crippen molar-refractivity contribution in [3.05, 3.63) is 0 Å². The van der Waals surface area contributed by atoms with Crippen LogP contribution in [0.5, 0.6) is 0 Å². The Morgan fingerprint density at radius 3 is 2.42 bits per heavy atom. The topological polar surface area (TPSA) is 58.6 Å². The van der Waals surface area contributed by atoms with Crippen LogP contribution in [0.25, 0.3) is 0 Å². The van der Waals surface area contributed by atoms with Gasteiger partial charge in [-0.3, -0.25) is 4.79 Å². The van der Waals surface area contributed by atoms with Crippen molar-refractivity contribution in [2.45, 2.75) is 70.8 Å². The van der Waals surface area contributed by atoms with Crippen LogP contribution in [0.4, 0.5) is 0 Å². The highest BCUT2D eigenvalue weighted by Gasteiger charge is 2.39. The molecule has 1 saturated carbocycles. The lowest BCUT2D eigenvalue weighted by Gasteiger charge is -2.37. The van der Waals surface area contributed by atoms with E-state index in [-0.39, 0.29) is 17.0 Å². The van der Waals surface area contributed by atoms with Gasteiger partial charge < -0.3 is 14.8 Å². The molecule has 1 aliphatic rings. The molecule has 3 atom stereocenters. The van der Waals surface area contributed by atoms with Gasteiger partial charge in [0, 0.05) is 13.5 Å². The lowest BCUT2D eigenvalue weighted by molar-refractivity contribution is -0.120. The number of aliphatic hydroxyl groups is 1. The molecule has 1 amide bonds. The second-order valence-corrected chi connectivity index (χ2v) is 12.1. The van der Waals surface area contributed by atoms with Crippen LogP contribution >= 0.6 is 0 Å². The van der Waals surface area contributed by atoms with Gasteiger partial charge in [-0.15, -0.1) is 0 Å². The van der Waals surface area contributed by atoms with E-state index in [4.69, 9.17) is 4.43 Å². The predicted molar refractivity (Wildman–Crippen MR) is 79.5 cm³/mol. The molecule has 5 heteroatoms. The van der Waals surface area contributed by atoms with E-state index in [1.807, 2.05) is 0 Å². The summed E-state index contributed by atoms with van der Waals surface area (Å²) in [4.78, 5) is 11.1. The second kappa shape index (κ2) is 5.93. The highest BCUT2D eigenvalue weighted by molar-refractivity contribution is 6.74. The van der Waals surface area contributed by atoms with Gasteiger partial charge in [-0.05, 0) is 36.9 Å². The van der Waals surface area contributed by atoms with E-state index < -0.39 is 14.4 Å². The number of amides is 1. The second-order valence-electron chi connectivity index (χ2n) is 7.28. The van der Waals surface area contributed by atoms with Crippen LogP contribution in [-0.2, 0) is 9.22 Å². The number of hydrogen-bond donors (Lipinski definition) is 2. The van der Waals surface area contributed by atoms with Crippen LogP contribution < -0.4 is 5.32 Å². The molecule has 0 heterocycles. The van der Waals surface area contributed by atoms with Crippen LogP contribution in [0.3, 0.4) is 0 Å². The van der Waals surface area contributed by atoms with Crippen molar-refractivity contribution >= 4 is 14.2 Å². The maximum Gasteiger partial charge on any atom is 0.217 e. The molecule has 19 heavy (non-hydrogen) atoms. The van der Waals surface area contributed by atoms with Crippen molar-refractivity contribution in [2.24, 2.45) is 5.92 Å². The van der Waals surface area contributed by atoms with Crippen molar-refractivity contribution in [3.8, 4) is 0 Å². The van der Waals surface area contributed by atoms with E-state index in [0.29, 0.717) is 12.5 Å². The fourth-order valence-electron chi connectivity index (χ4n) is 2.21. The summed E-state index contributed by atoms with van der Waals surface area (Å²) in [6.07, 6.45) is 1.10. The van der Waals surface area contributed by atoms with Gasteiger partial charge >= 0.3 is 0 Å². The molecule has 0 aromatic carbocycles. The molecule has 0 aromatic rings. The summed E-state index contributed by atoms with van der Waals surface area (Å²) in [6.45, 7) is 13.3. The lowest BCUT2D eigenvalue weighted by atomic mass is 10.1. The van der Waals surface area contributed by atoms with Gasteiger partial charge in [0.25, 0.3) is 0 Å². The Morgan fingerprint density at radius 2 is 1.95 bits per heavy atom. The van der Waals surface area contributed by atoms with Crippen LogP contribution in [0.2, 0.25) is 18.1 Å². The monoisotopic (exact) mass is 287 g/mol. The molecule has 1 fully saturated rings. The highest BCUT2D eigenvalue weighted by atomic mass is 28.4. The van der Waals surface area contributed by atoms with Gasteiger partial charge in [0.05, 0.1) is 12.1 Å². The third-order valence-corrected chi connectivity index (χ3v) is 9.00. The number of rotatable bonds is 4. The Hall–Kier alpha value is -0.393. The molecular weight excluding hydrogens is 258 g/mol. The highest BCUT2D eigenvalue weighted by Crippen LogP contribution is 2.37. The van der Waals surface area contributed by atoms with Gasteiger partial charge in [0.1, 0.15) is 0 Å². The van der Waals surface area contributed by atoms with Crippen LogP contribution in [0.15, 0.2) is 0 Å². The minimum absolute atomic E-state index is 0.0741. The largest absolute Gasteiger partial charge is 0.417 e. The molecular formula is C14H29NO3Si. The minimum atomic E-state index is -1.72. The van der Waals surface area contributed by atoms with E-state index in [2.05, 4.69) is 39.2 Å². The Bertz CT molecular complexity index is 325. The zero-order chi connectivity index (χ0) is 14.8. The number of nitrogens with one attached hydrogen (secondary N) is 1. The maximum atomic E-state index is 11.1. The van der Waals surface area contributed by atoms with Crippen molar-refractivity contribution < 1.29 is 14.3 Å². The first-order chi connectivity index (χ1) is 8.53. The summed E-state index contributed by atoms with van der Waals surface area (Å²) in [5.41, 5.74) is 0. The molecule has 1 rings (SSSR count). The summed E-state index contributed by atoms with van der Waals surface area (Å²) < 4.78 is 6.19. The quantitative estimate of drug-likeness (QED) is 0.780. The standard InChI is InChI=1S/C14H29NO3Si/c1-10(16)15-12-7-11(8-13(12)17)9-18-19(5,6)14(2,3)4/h11-13,17H,7-9H2,1-6H3,(H,15,16)/t11-,12-,13+/m1/s1. The number of hydrogen-bond acceptors (Lipinski definition) is 3. The lowest BCUT2D eigenvalue weighted by Crippen LogP contribution is -2.42. The number of aliphatic hydroxyl groups excluding tert-OH is 1. The maximum absolute atomic E-state index is 11.1. The third kappa shape index (κ3) is 4.58. The summed E-state index contributed by atoms with van der Waals surface area (Å²) in [6, 6.07) is -0.106. The SMILES string of the molecule is CC(=O)N[C@@H]1C[C@@H](CO[Si](C)(C)C(C)(C)C)C[C@@H]1O. The molecule has 4 nitrogen and oxygen atoms in total. The van der Waals surface area contributed by atoms with Gasteiger partial charge in [0.15, 0.2) is 8.32 Å². The molecule has 0 aliphatic heterocycles. The first-order valence-corrected chi connectivity index (χ1v) is 10.0. The Morgan fingerprint density at radius 1 is 1.37 bits per heavy atom. The molecule has 0 saturated heterocycles. The first-order valence-electron chi connectivity index (χ1n) is 7.12. The molecule has 112 valence electrons. The average molecular weight is 287 g/mol. The zero-order valence-corrected chi connectivity index (χ0v) is 14.1. The van der Waals surface area contributed by atoms with Crippen molar-refractivity contribution in [1.82, 2.24) is 5.32 Å². The van der Waals surface area contributed by atoms with Crippen LogP contribution in [0, 0.1) is 5.92 Å². The van der Waals surface area contributed by atoms with Gasteiger partial charge in [-0.2, -0.15) is 0 Å². The Kier molecular flexibility index (Phi) is 5.20. The zero-order valence-electron chi connectivity index (χ0n) is 13.1. The molecule has 0 bridgehead atoms. The summed E-state index contributed by atoms with van der Waals surface area (Å²) in [5.74, 6) is 0.274. The molecule has 0 aromatic heterocycles. The van der Waals surface area contributed by atoms with E-state index in [9.17, 15) is 9.90 Å². The average Bonchev–Trinajstić information content (AvgIpc) is 2.54. The van der Waals surface area contributed by atoms with Gasteiger partial charge in [-0.1, -0.05) is 20.8 Å². The van der Waals surface area contributed by atoms with E-state index in [1.165, 1.54) is 6.92 Å². The van der Waals surface area contributed by atoms with Crippen molar-refractivity contribution in [3.63, 3.8) is 0 Å². The number of carbonyl (C=O) groups excluding carboxylic acids is 1. The Balaban J connectivity index is 2.46.